The van der Waals surface area contributed by atoms with Crippen molar-refractivity contribution >= 4 is 34.9 Å². The molecule has 158 valence electrons. The van der Waals surface area contributed by atoms with Crippen molar-refractivity contribution in [2.24, 2.45) is 0 Å². The van der Waals surface area contributed by atoms with Crippen molar-refractivity contribution in [2.45, 2.75) is 50.8 Å². The van der Waals surface area contributed by atoms with E-state index in [4.69, 9.17) is 33.3 Å². The molecule has 1 spiro atoms. The number of benzene rings is 2. The first kappa shape index (κ1) is 20.9. The average Bonchev–Trinajstić information content (AvgIpc) is 2.60. The van der Waals surface area contributed by atoms with Crippen LogP contribution in [0.25, 0.3) is 0 Å². The van der Waals surface area contributed by atoms with E-state index in [1.165, 1.54) is 13.0 Å². The molecule has 2 unspecified atom stereocenters. The lowest BCUT2D eigenvalue weighted by atomic mass is 9.77. The highest BCUT2D eigenvalue weighted by Crippen LogP contribution is 2.49. The molecule has 30 heavy (non-hydrogen) atoms. The molecule has 0 bridgehead atoms. The zero-order valence-corrected chi connectivity index (χ0v) is 18.4. The van der Waals surface area contributed by atoms with Gasteiger partial charge < -0.3 is 20.1 Å². The molecule has 0 amide bonds. The second-order valence-corrected chi connectivity index (χ2v) is 9.24. The van der Waals surface area contributed by atoms with Crippen molar-refractivity contribution in [3.63, 3.8) is 0 Å². The Kier molecular flexibility index (Phi) is 5.14. The Morgan fingerprint density at radius 2 is 2.00 bits per heavy atom. The van der Waals surface area contributed by atoms with Gasteiger partial charge in [0, 0.05) is 42.9 Å². The highest BCUT2D eigenvalue weighted by Gasteiger charge is 2.49. The maximum Gasteiger partial charge on any atom is 0.308 e. The van der Waals surface area contributed by atoms with Gasteiger partial charge in [-0.15, -0.1) is 0 Å². The number of rotatable bonds is 2. The third kappa shape index (κ3) is 3.96. The van der Waals surface area contributed by atoms with E-state index in [1.807, 2.05) is 13.8 Å². The lowest BCUT2D eigenvalue weighted by Crippen LogP contribution is -2.69. The van der Waals surface area contributed by atoms with E-state index in [0.717, 1.165) is 5.56 Å². The minimum Gasteiger partial charge on any atom is -0.468 e. The quantitative estimate of drug-likeness (QED) is 0.396. The molecule has 4 rings (SSSR count). The number of hydrogen-bond donors (Lipinski definition) is 2. The maximum atomic E-state index is 14.8. The molecular formula is C22H22ClFN2O3S. The minimum absolute atomic E-state index is 0.197. The number of carbonyl (C=O) groups excluding carboxylic acids is 1. The maximum absolute atomic E-state index is 14.8. The summed E-state index contributed by atoms with van der Waals surface area (Å²) in [5.41, 5.74) is 0.0928. The summed E-state index contributed by atoms with van der Waals surface area (Å²) in [5.74, 6) is -0.453. The lowest BCUT2D eigenvalue weighted by Gasteiger charge is -2.50. The fourth-order valence-electron chi connectivity index (χ4n) is 4.40. The van der Waals surface area contributed by atoms with Crippen LogP contribution < -0.4 is 20.1 Å². The summed E-state index contributed by atoms with van der Waals surface area (Å²) in [4.78, 5) is 11.5. The van der Waals surface area contributed by atoms with Gasteiger partial charge in [-0.25, -0.2) is 4.39 Å². The molecule has 5 nitrogen and oxygen atoms in total. The molecule has 2 aromatic carbocycles. The SMILES string of the molecule is CC(=O)Oc1cc2c(cc1Cl)C(c1ccccc1F)CC1(CC(C)(C)NC(=S)N1)O2. The topological polar surface area (TPSA) is 59.6 Å². The Hall–Kier alpha value is -2.38. The van der Waals surface area contributed by atoms with Crippen molar-refractivity contribution in [1.82, 2.24) is 10.6 Å². The lowest BCUT2D eigenvalue weighted by molar-refractivity contribution is -0.131. The van der Waals surface area contributed by atoms with Crippen LogP contribution in [0.3, 0.4) is 0 Å². The smallest absolute Gasteiger partial charge is 0.308 e. The molecule has 2 aliphatic rings. The van der Waals surface area contributed by atoms with Gasteiger partial charge in [0.05, 0.1) is 5.02 Å². The molecule has 1 fully saturated rings. The summed E-state index contributed by atoms with van der Waals surface area (Å²) in [6.45, 7) is 5.37. The molecule has 0 radical (unpaired) electrons. The third-order valence-electron chi connectivity index (χ3n) is 5.33. The number of thiocarbonyl (C=S) groups is 1. The van der Waals surface area contributed by atoms with Gasteiger partial charge >= 0.3 is 5.97 Å². The predicted octanol–water partition coefficient (Wildman–Crippen LogP) is 4.66. The Balaban J connectivity index is 1.87. The molecule has 0 aromatic heterocycles. The fourth-order valence-corrected chi connectivity index (χ4v) is 5.08. The second kappa shape index (κ2) is 7.39. The first-order valence-electron chi connectivity index (χ1n) is 9.63. The standard InChI is InChI=1S/C22H22ClFN2O3S/c1-12(27)28-19-9-18-14(8-16(19)23)15(13-6-4-5-7-17(13)24)10-22(29-18)11-21(2,3)25-20(30)26-22/h4-9,15H,10-11H2,1-3H3,(H2,25,26,30). The van der Waals surface area contributed by atoms with Crippen molar-refractivity contribution in [3.8, 4) is 11.5 Å². The van der Waals surface area contributed by atoms with Crippen molar-refractivity contribution in [3.05, 3.63) is 58.4 Å². The van der Waals surface area contributed by atoms with Gasteiger partial charge in [-0.2, -0.15) is 0 Å². The number of halogens is 2. The van der Waals surface area contributed by atoms with Gasteiger partial charge in [0.2, 0.25) is 0 Å². The van der Waals surface area contributed by atoms with E-state index in [9.17, 15) is 9.18 Å². The van der Waals surface area contributed by atoms with E-state index < -0.39 is 11.7 Å². The molecule has 2 heterocycles. The van der Waals surface area contributed by atoms with Crippen LogP contribution in [0.4, 0.5) is 4.39 Å². The van der Waals surface area contributed by atoms with Gasteiger partial charge in [-0.1, -0.05) is 29.8 Å². The van der Waals surface area contributed by atoms with Gasteiger partial charge in [-0.05, 0) is 43.8 Å². The molecular weight excluding hydrogens is 427 g/mol. The molecule has 8 heteroatoms. The van der Waals surface area contributed by atoms with Gasteiger partial charge in [-0.3, -0.25) is 4.79 Å². The number of fused-ring (bicyclic) bond motifs is 1. The number of nitrogens with one attached hydrogen (secondary N) is 2. The summed E-state index contributed by atoms with van der Waals surface area (Å²) in [7, 11) is 0. The van der Waals surface area contributed by atoms with Crippen LogP contribution in [0.5, 0.6) is 11.5 Å². The normalized spacial score (nSPS) is 24.3. The summed E-state index contributed by atoms with van der Waals surface area (Å²) in [6, 6.07) is 9.95. The molecule has 0 saturated carbocycles. The third-order valence-corrected chi connectivity index (χ3v) is 5.83. The van der Waals surface area contributed by atoms with Crippen LogP contribution >= 0.6 is 23.8 Å². The van der Waals surface area contributed by atoms with E-state index >= 15 is 0 Å². The Labute approximate surface area is 184 Å². The monoisotopic (exact) mass is 448 g/mol. The summed E-state index contributed by atoms with van der Waals surface area (Å²) < 4.78 is 26.5. The first-order valence-corrected chi connectivity index (χ1v) is 10.4. The Morgan fingerprint density at radius 3 is 2.67 bits per heavy atom. The van der Waals surface area contributed by atoms with Crippen LogP contribution in [0.1, 0.15) is 50.7 Å². The van der Waals surface area contributed by atoms with Crippen molar-refractivity contribution in [2.75, 3.05) is 0 Å². The summed E-state index contributed by atoms with van der Waals surface area (Å²) >= 11 is 11.8. The first-order chi connectivity index (χ1) is 14.1. The van der Waals surface area contributed by atoms with Crippen molar-refractivity contribution < 1.29 is 18.7 Å². The second-order valence-electron chi connectivity index (χ2n) is 8.43. The largest absolute Gasteiger partial charge is 0.468 e. The van der Waals surface area contributed by atoms with E-state index in [2.05, 4.69) is 10.6 Å². The van der Waals surface area contributed by atoms with Crippen LogP contribution in [-0.2, 0) is 4.79 Å². The van der Waals surface area contributed by atoms with Gasteiger partial charge in [0.15, 0.2) is 16.6 Å². The highest BCUT2D eigenvalue weighted by atomic mass is 35.5. The zero-order chi connectivity index (χ0) is 21.7. The molecule has 2 aliphatic heterocycles. The molecule has 2 aromatic rings. The van der Waals surface area contributed by atoms with E-state index in [0.29, 0.717) is 29.3 Å². The summed E-state index contributed by atoms with van der Waals surface area (Å²) in [6.07, 6.45) is 1.03. The van der Waals surface area contributed by atoms with Crippen LogP contribution in [0.2, 0.25) is 5.02 Å². The van der Waals surface area contributed by atoms with Gasteiger partial charge in [0.25, 0.3) is 0 Å². The molecule has 0 aliphatic carbocycles. The highest BCUT2D eigenvalue weighted by molar-refractivity contribution is 7.80. The van der Waals surface area contributed by atoms with Crippen LogP contribution in [0, 0.1) is 5.82 Å². The number of hydrogen-bond acceptors (Lipinski definition) is 4. The fraction of sp³-hybridized carbons (Fsp3) is 0.364. The van der Waals surface area contributed by atoms with E-state index in [-0.39, 0.29) is 28.0 Å². The van der Waals surface area contributed by atoms with Crippen LogP contribution in [-0.4, -0.2) is 22.3 Å². The number of ether oxygens (including phenoxy) is 2. The predicted molar refractivity (Wildman–Crippen MR) is 117 cm³/mol. The Morgan fingerprint density at radius 1 is 1.27 bits per heavy atom. The minimum atomic E-state index is -0.854. The number of carbonyl (C=O) groups is 1. The molecule has 2 atom stereocenters. The molecule has 2 N–H and O–H groups in total. The molecule has 1 saturated heterocycles. The number of esters is 1. The Bertz CT molecular complexity index is 1050. The van der Waals surface area contributed by atoms with E-state index in [1.54, 1.807) is 30.3 Å². The summed E-state index contributed by atoms with van der Waals surface area (Å²) in [5, 5.41) is 7.23. The van der Waals surface area contributed by atoms with Crippen molar-refractivity contribution in [1.29, 1.82) is 0 Å². The van der Waals surface area contributed by atoms with Gasteiger partial charge in [0.1, 0.15) is 11.6 Å². The average molecular weight is 449 g/mol. The zero-order valence-electron chi connectivity index (χ0n) is 16.8. The van der Waals surface area contributed by atoms with Crippen LogP contribution in [0.15, 0.2) is 36.4 Å².